The Hall–Kier alpha value is -2.47. The van der Waals surface area contributed by atoms with Gasteiger partial charge in [-0.1, -0.05) is 13.3 Å². The van der Waals surface area contributed by atoms with E-state index in [1.165, 1.54) is 0 Å². The van der Waals surface area contributed by atoms with Crippen LogP contribution in [0.15, 0.2) is 30.3 Å². The van der Waals surface area contributed by atoms with Gasteiger partial charge in [0.1, 0.15) is 5.75 Å². The summed E-state index contributed by atoms with van der Waals surface area (Å²) < 4.78 is 5.67. The number of nitrogens with zero attached hydrogens (tertiary/aromatic N) is 3. The van der Waals surface area contributed by atoms with Crippen LogP contribution in [-0.2, 0) is 4.79 Å². The lowest BCUT2D eigenvalue weighted by Crippen LogP contribution is -2.25. The molecular formula is C20H28N4O2. The zero-order valence-electron chi connectivity index (χ0n) is 16.1. The number of anilines is 1. The van der Waals surface area contributed by atoms with Gasteiger partial charge >= 0.3 is 6.01 Å². The molecule has 2 rings (SSSR count). The van der Waals surface area contributed by atoms with Crippen LogP contribution in [-0.4, -0.2) is 40.9 Å². The Morgan fingerprint density at radius 2 is 1.77 bits per heavy atom. The number of ether oxygens (including phenoxy) is 1. The second-order valence-electron chi connectivity index (χ2n) is 6.51. The minimum absolute atomic E-state index is 0.0136. The average Bonchev–Trinajstić information content (AvgIpc) is 2.59. The Balaban J connectivity index is 1.84. The van der Waals surface area contributed by atoms with E-state index in [2.05, 4.69) is 27.1 Å². The molecule has 0 fully saturated rings. The first-order valence-corrected chi connectivity index (χ1v) is 9.05. The largest absolute Gasteiger partial charge is 0.424 e. The zero-order valence-corrected chi connectivity index (χ0v) is 16.1. The summed E-state index contributed by atoms with van der Waals surface area (Å²) in [6, 6.07) is 9.45. The van der Waals surface area contributed by atoms with E-state index in [9.17, 15) is 4.79 Å². The molecule has 1 N–H and O–H groups in total. The normalized spacial score (nSPS) is 10.8. The molecule has 0 radical (unpaired) electrons. The number of hydrogen-bond acceptors (Lipinski definition) is 5. The molecule has 1 amide bonds. The van der Waals surface area contributed by atoms with E-state index in [0.29, 0.717) is 18.2 Å². The molecule has 0 spiro atoms. The van der Waals surface area contributed by atoms with Crippen molar-refractivity contribution in [1.82, 2.24) is 14.9 Å². The zero-order chi connectivity index (χ0) is 18.9. The van der Waals surface area contributed by atoms with Gasteiger partial charge in [-0.2, -0.15) is 0 Å². The van der Waals surface area contributed by atoms with E-state index in [-0.39, 0.29) is 5.91 Å². The van der Waals surface area contributed by atoms with Gasteiger partial charge in [0, 0.05) is 30.0 Å². The minimum Gasteiger partial charge on any atom is -0.424 e. The Bertz CT molecular complexity index is 696. The quantitative estimate of drug-likeness (QED) is 0.737. The molecule has 1 aromatic heterocycles. The predicted molar refractivity (Wildman–Crippen MR) is 104 cm³/mol. The number of benzene rings is 1. The number of rotatable bonds is 9. The Morgan fingerprint density at radius 3 is 2.38 bits per heavy atom. The Kier molecular flexibility index (Phi) is 7.53. The third kappa shape index (κ3) is 6.80. The molecule has 0 saturated heterocycles. The van der Waals surface area contributed by atoms with Crippen LogP contribution in [0, 0.1) is 13.8 Å². The highest BCUT2D eigenvalue weighted by Gasteiger charge is 2.06. The van der Waals surface area contributed by atoms with Crippen LogP contribution in [0.1, 0.15) is 37.6 Å². The van der Waals surface area contributed by atoms with Gasteiger partial charge in [-0.25, -0.2) is 9.97 Å². The van der Waals surface area contributed by atoms with Crippen LogP contribution >= 0.6 is 0 Å². The van der Waals surface area contributed by atoms with Crippen molar-refractivity contribution in [3.05, 3.63) is 41.7 Å². The van der Waals surface area contributed by atoms with E-state index >= 15 is 0 Å². The Labute approximate surface area is 155 Å². The number of aryl methyl sites for hydroxylation is 2. The summed E-state index contributed by atoms with van der Waals surface area (Å²) in [4.78, 5) is 22.7. The first-order chi connectivity index (χ1) is 12.5. The number of hydrogen-bond donors (Lipinski definition) is 1. The molecule has 0 aliphatic rings. The van der Waals surface area contributed by atoms with Crippen LogP contribution < -0.4 is 10.1 Å². The molecule has 0 saturated carbocycles. The third-order valence-electron chi connectivity index (χ3n) is 3.92. The molecule has 1 heterocycles. The van der Waals surface area contributed by atoms with Crippen molar-refractivity contribution >= 4 is 11.6 Å². The van der Waals surface area contributed by atoms with Crippen LogP contribution in [0.2, 0.25) is 0 Å². The summed E-state index contributed by atoms with van der Waals surface area (Å²) in [6.45, 7) is 7.76. The van der Waals surface area contributed by atoms with E-state index in [0.717, 1.165) is 43.0 Å². The molecule has 0 bridgehead atoms. The first-order valence-electron chi connectivity index (χ1n) is 9.05. The smallest absolute Gasteiger partial charge is 0.322 e. The number of nitrogens with one attached hydrogen (secondary N) is 1. The Morgan fingerprint density at radius 1 is 1.12 bits per heavy atom. The molecule has 2 aromatic rings. The number of aromatic nitrogens is 2. The van der Waals surface area contributed by atoms with Crippen molar-refractivity contribution in [2.75, 3.05) is 25.5 Å². The lowest BCUT2D eigenvalue weighted by molar-refractivity contribution is -0.116. The molecular weight excluding hydrogens is 328 g/mol. The topological polar surface area (TPSA) is 67.4 Å². The van der Waals surface area contributed by atoms with E-state index < -0.39 is 0 Å². The number of amides is 1. The van der Waals surface area contributed by atoms with Gasteiger partial charge in [0.25, 0.3) is 0 Å². The summed E-state index contributed by atoms with van der Waals surface area (Å²) in [5.74, 6) is 0.645. The van der Waals surface area contributed by atoms with Gasteiger partial charge in [-0.05, 0) is 64.2 Å². The lowest BCUT2D eigenvalue weighted by atomic mass is 10.2. The fraction of sp³-hybridized carbons (Fsp3) is 0.450. The summed E-state index contributed by atoms with van der Waals surface area (Å²) in [5.41, 5.74) is 2.47. The second kappa shape index (κ2) is 9.87. The fourth-order valence-electron chi connectivity index (χ4n) is 2.51. The first kappa shape index (κ1) is 19.8. The molecule has 0 aliphatic heterocycles. The lowest BCUT2D eigenvalue weighted by Gasteiger charge is -2.15. The fourth-order valence-corrected chi connectivity index (χ4v) is 2.51. The maximum atomic E-state index is 12.1. The van der Waals surface area contributed by atoms with Crippen molar-refractivity contribution in [3.63, 3.8) is 0 Å². The average molecular weight is 356 g/mol. The van der Waals surface area contributed by atoms with Crippen molar-refractivity contribution in [2.24, 2.45) is 0 Å². The van der Waals surface area contributed by atoms with Gasteiger partial charge in [-0.3, -0.25) is 4.79 Å². The summed E-state index contributed by atoms with van der Waals surface area (Å²) in [5, 5.41) is 2.91. The number of unbranched alkanes of at least 4 members (excludes halogenated alkanes) is 1. The second-order valence-corrected chi connectivity index (χ2v) is 6.51. The van der Waals surface area contributed by atoms with Gasteiger partial charge in [0.05, 0.1) is 0 Å². The molecule has 0 aliphatic carbocycles. The third-order valence-corrected chi connectivity index (χ3v) is 3.92. The van der Waals surface area contributed by atoms with Crippen molar-refractivity contribution in [2.45, 2.75) is 40.0 Å². The van der Waals surface area contributed by atoms with E-state index in [1.807, 2.05) is 39.1 Å². The van der Waals surface area contributed by atoms with Gasteiger partial charge < -0.3 is 15.0 Å². The molecule has 6 heteroatoms. The van der Waals surface area contributed by atoms with Crippen LogP contribution in [0.25, 0.3) is 0 Å². The summed E-state index contributed by atoms with van der Waals surface area (Å²) >= 11 is 0. The van der Waals surface area contributed by atoms with Gasteiger partial charge in [-0.15, -0.1) is 0 Å². The van der Waals surface area contributed by atoms with Crippen molar-refractivity contribution in [3.8, 4) is 11.8 Å². The van der Waals surface area contributed by atoms with Crippen molar-refractivity contribution in [1.29, 1.82) is 0 Å². The maximum absolute atomic E-state index is 12.1. The monoisotopic (exact) mass is 356 g/mol. The van der Waals surface area contributed by atoms with Crippen LogP contribution in [0.4, 0.5) is 5.69 Å². The van der Waals surface area contributed by atoms with Gasteiger partial charge in [0.2, 0.25) is 5.91 Å². The molecule has 1 aromatic carbocycles. The van der Waals surface area contributed by atoms with E-state index in [1.54, 1.807) is 12.1 Å². The van der Waals surface area contributed by atoms with Crippen LogP contribution in [0.3, 0.4) is 0 Å². The predicted octanol–water partition coefficient (Wildman–Crippen LogP) is 3.95. The molecule has 140 valence electrons. The van der Waals surface area contributed by atoms with Gasteiger partial charge in [0.15, 0.2) is 0 Å². The number of carbonyl (C=O) groups is 1. The molecule has 26 heavy (non-hydrogen) atoms. The molecule has 0 atom stereocenters. The van der Waals surface area contributed by atoms with Crippen molar-refractivity contribution < 1.29 is 9.53 Å². The summed E-state index contributed by atoms with van der Waals surface area (Å²) in [6.07, 6.45) is 2.80. The summed E-state index contributed by atoms with van der Waals surface area (Å²) in [7, 11) is 2.05. The number of carbonyl (C=O) groups excluding carboxylic acids is 1. The highest BCUT2D eigenvalue weighted by molar-refractivity contribution is 5.90. The minimum atomic E-state index is 0.0136. The standard InChI is InChI=1S/C20H28N4O2/c1-5-6-12-24(4)13-11-19(25)23-17-7-9-18(10-8-17)26-20-21-15(2)14-16(3)22-20/h7-10,14H,5-6,11-13H2,1-4H3,(H,23,25). The van der Waals surface area contributed by atoms with Crippen LogP contribution in [0.5, 0.6) is 11.8 Å². The molecule has 6 nitrogen and oxygen atoms in total. The molecule has 0 unspecified atom stereocenters. The highest BCUT2D eigenvalue weighted by atomic mass is 16.5. The highest BCUT2D eigenvalue weighted by Crippen LogP contribution is 2.21. The maximum Gasteiger partial charge on any atom is 0.322 e. The SMILES string of the molecule is CCCCN(C)CCC(=O)Nc1ccc(Oc2nc(C)cc(C)n2)cc1. The van der Waals surface area contributed by atoms with E-state index in [4.69, 9.17) is 4.74 Å².